The molecule has 0 radical (unpaired) electrons. The molecule has 0 spiro atoms. The van der Waals surface area contributed by atoms with E-state index in [9.17, 15) is 4.79 Å². The molecule has 1 heterocycles. The molecule has 1 aromatic heterocycles. The van der Waals surface area contributed by atoms with Crippen LogP contribution in [0, 0.1) is 0 Å². The van der Waals surface area contributed by atoms with Gasteiger partial charge in [-0.1, -0.05) is 11.6 Å². The third kappa shape index (κ3) is 2.42. The average molecular weight is 235 g/mol. The van der Waals surface area contributed by atoms with Gasteiger partial charge in [0.1, 0.15) is 0 Å². The number of hydrogen-bond donors (Lipinski definition) is 0. The summed E-state index contributed by atoms with van der Waals surface area (Å²) in [5, 5.41) is 0.109. The topological polar surface area (TPSA) is 44.1 Å². The summed E-state index contributed by atoms with van der Waals surface area (Å²) in [4.78, 5) is 15.5. The highest BCUT2D eigenvalue weighted by Gasteiger charge is 2.09. The maximum Gasteiger partial charge on any atom is 0.297 e. The van der Waals surface area contributed by atoms with Crippen molar-refractivity contribution in [2.45, 2.75) is 6.54 Å². The number of halogens is 1. The Labute approximate surface area is 91.2 Å². The van der Waals surface area contributed by atoms with E-state index in [1.165, 1.54) is 18.0 Å². The van der Waals surface area contributed by atoms with Crippen LogP contribution < -0.4 is 10.3 Å². The highest BCUT2D eigenvalue weighted by Crippen LogP contribution is 2.14. The minimum absolute atomic E-state index is 0.107. The van der Waals surface area contributed by atoms with Crippen molar-refractivity contribution >= 4 is 23.4 Å². The Hall–Kier alpha value is -0.680. The Balaban J connectivity index is 3.02. The molecule has 6 heteroatoms. The second-order valence-corrected chi connectivity index (χ2v) is 3.90. The first-order chi connectivity index (χ1) is 6.70. The molecule has 0 unspecified atom stereocenters. The van der Waals surface area contributed by atoms with Crippen molar-refractivity contribution in [1.82, 2.24) is 9.55 Å². The maximum atomic E-state index is 11.6. The first kappa shape index (κ1) is 11.4. The minimum atomic E-state index is -0.235. The van der Waals surface area contributed by atoms with E-state index in [1.807, 2.05) is 6.26 Å². The van der Waals surface area contributed by atoms with Crippen LogP contribution in [0.3, 0.4) is 0 Å². The van der Waals surface area contributed by atoms with Gasteiger partial charge in [0.15, 0.2) is 5.15 Å². The fraction of sp³-hybridized carbons (Fsp3) is 0.500. The number of hydrogen-bond acceptors (Lipinski definition) is 4. The lowest BCUT2D eigenvalue weighted by atomic mass is 10.5. The smallest absolute Gasteiger partial charge is 0.297 e. The van der Waals surface area contributed by atoms with Crippen LogP contribution in [0.15, 0.2) is 11.1 Å². The first-order valence-corrected chi connectivity index (χ1v) is 5.75. The lowest BCUT2D eigenvalue weighted by molar-refractivity contribution is 0.400. The average Bonchev–Trinajstić information content (AvgIpc) is 2.18. The van der Waals surface area contributed by atoms with Gasteiger partial charge in [-0.3, -0.25) is 9.36 Å². The fourth-order valence-corrected chi connectivity index (χ4v) is 1.55. The first-order valence-electron chi connectivity index (χ1n) is 3.98. The number of aryl methyl sites for hydroxylation is 1. The molecule has 1 rings (SSSR count). The third-order valence-corrected chi connectivity index (χ3v) is 2.55. The second-order valence-electron chi connectivity index (χ2n) is 2.56. The molecular formula is C8H11ClN2O2S. The molecule has 4 nitrogen and oxygen atoms in total. The van der Waals surface area contributed by atoms with Crippen LogP contribution in [0.4, 0.5) is 0 Å². The predicted molar refractivity (Wildman–Crippen MR) is 58.4 cm³/mol. The normalized spacial score (nSPS) is 10.2. The standard InChI is InChI=1S/C8H11ClN2O2S/c1-13-6-7(9)10-5-11(8(6)12)3-4-14-2/h5H,3-4H2,1-2H3. The van der Waals surface area contributed by atoms with Gasteiger partial charge >= 0.3 is 0 Å². The molecule has 0 N–H and O–H groups in total. The molecule has 0 aliphatic rings. The Bertz CT molecular complexity index is 367. The summed E-state index contributed by atoms with van der Waals surface area (Å²) < 4.78 is 6.35. The van der Waals surface area contributed by atoms with Crippen LogP contribution in [0.5, 0.6) is 5.75 Å². The van der Waals surface area contributed by atoms with E-state index in [2.05, 4.69) is 4.98 Å². The van der Waals surface area contributed by atoms with Gasteiger partial charge in [-0.05, 0) is 6.26 Å². The van der Waals surface area contributed by atoms with E-state index in [0.29, 0.717) is 6.54 Å². The van der Waals surface area contributed by atoms with E-state index >= 15 is 0 Å². The molecule has 14 heavy (non-hydrogen) atoms. The Kier molecular flexibility index (Phi) is 4.28. The summed E-state index contributed by atoms with van der Waals surface area (Å²) in [5.74, 6) is 0.960. The highest BCUT2D eigenvalue weighted by molar-refractivity contribution is 7.98. The van der Waals surface area contributed by atoms with Crippen molar-refractivity contribution in [3.63, 3.8) is 0 Å². The summed E-state index contributed by atoms with van der Waals surface area (Å²) >= 11 is 7.34. The van der Waals surface area contributed by atoms with Crippen molar-refractivity contribution < 1.29 is 4.74 Å². The molecule has 78 valence electrons. The van der Waals surface area contributed by atoms with Gasteiger partial charge in [-0.2, -0.15) is 11.8 Å². The Morgan fingerprint density at radius 1 is 1.71 bits per heavy atom. The summed E-state index contributed by atoms with van der Waals surface area (Å²) in [6.07, 6.45) is 3.41. The zero-order valence-corrected chi connectivity index (χ0v) is 9.56. The van der Waals surface area contributed by atoms with Gasteiger partial charge in [-0.25, -0.2) is 4.98 Å². The molecule has 0 atom stereocenters. The summed E-state index contributed by atoms with van der Waals surface area (Å²) in [7, 11) is 1.41. The lowest BCUT2D eigenvalue weighted by Crippen LogP contribution is -2.23. The zero-order chi connectivity index (χ0) is 10.6. The van der Waals surface area contributed by atoms with Crippen molar-refractivity contribution in [3.05, 3.63) is 21.8 Å². The van der Waals surface area contributed by atoms with Crippen molar-refractivity contribution in [1.29, 1.82) is 0 Å². The van der Waals surface area contributed by atoms with E-state index in [1.54, 1.807) is 11.8 Å². The molecule has 0 fully saturated rings. The van der Waals surface area contributed by atoms with E-state index in [-0.39, 0.29) is 16.5 Å². The number of thioether (sulfide) groups is 1. The quantitative estimate of drug-likeness (QED) is 0.736. The van der Waals surface area contributed by atoms with Crippen molar-refractivity contribution in [2.75, 3.05) is 19.1 Å². The fourth-order valence-electron chi connectivity index (χ4n) is 0.971. The second kappa shape index (κ2) is 5.26. The van der Waals surface area contributed by atoms with Crippen LogP contribution in [0.25, 0.3) is 0 Å². The molecule has 0 aliphatic heterocycles. The number of nitrogens with zero attached hydrogens (tertiary/aromatic N) is 2. The van der Waals surface area contributed by atoms with Crippen molar-refractivity contribution in [3.8, 4) is 5.75 Å². The SMILES string of the molecule is COc1c(Cl)ncn(CCSC)c1=O. The van der Waals surface area contributed by atoms with E-state index < -0.39 is 0 Å². The van der Waals surface area contributed by atoms with Crippen LogP contribution in [0.1, 0.15) is 0 Å². The summed E-state index contributed by atoms with van der Waals surface area (Å²) in [5.41, 5.74) is -0.235. The summed E-state index contributed by atoms with van der Waals surface area (Å²) in [6.45, 7) is 0.612. The number of rotatable bonds is 4. The Morgan fingerprint density at radius 2 is 2.43 bits per heavy atom. The number of ether oxygens (including phenoxy) is 1. The van der Waals surface area contributed by atoms with E-state index in [4.69, 9.17) is 16.3 Å². The number of aromatic nitrogens is 2. The van der Waals surface area contributed by atoms with Gasteiger partial charge in [0.2, 0.25) is 5.75 Å². The summed E-state index contributed by atoms with van der Waals surface area (Å²) in [6, 6.07) is 0. The van der Waals surface area contributed by atoms with Crippen LogP contribution in [-0.2, 0) is 6.54 Å². The molecule has 0 amide bonds. The van der Waals surface area contributed by atoms with Gasteiger partial charge in [0, 0.05) is 12.3 Å². The molecule has 0 bridgehead atoms. The molecule has 1 aromatic rings. The number of methoxy groups -OCH3 is 1. The van der Waals surface area contributed by atoms with Gasteiger partial charge < -0.3 is 4.74 Å². The van der Waals surface area contributed by atoms with E-state index in [0.717, 1.165) is 5.75 Å². The van der Waals surface area contributed by atoms with Crippen LogP contribution in [-0.4, -0.2) is 28.7 Å². The predicted octanol–water partition coefficient (Wildman–Crippen LogP) is 1.27. The molecule has 0 saturated carbocycles. The Morgan fingerprint density at radius 3 is 3.00 bits per heavy atom. The molecule has 0 saturated heterocycles. The molecule has 0 aliphatic carbocycles. The van der Waals surface area contributed by atoms with Gasteiger partial charge in [0.25, 0.3) is 5.56 Å². The van der Waals surface area contributed by atoms with Gasteiger partial charge in [-0.15, -0.1) is 0 Å². The minimum Gasteiger partial charge on any atom is -0.489 e. The largest absolute Gasteiger partial charge is 0.489 e. The van der Waals surface area contributed by atoms with Crippen molar-refractivity contribution in [2.24, 2.45) is 0 Å². The third-order valence-electron chi connectivity index (χ3n) is 1.69. The van der Waals surface area contributed by atoms with Gasteiger partial charge in [0.05, 0.1) is 13.4 Å². The maximum absolute atomic E-state index is 11.6. The van der Waals surface area contributed by atoms with Crippen LogP contribution >= 0.6 is 23.4 Å². The van der Waals surface area contributed by atoms with Crippen LogP contribution in [0.2, 0.25) is 5.15 Å². The zero-order valence-electron chi connectivity index (χ0n) is 7.99. The highest BCUT2D eigenvalue weighted by atomic mass is 35.5. The monoisotopic (exact) mass is 234 g/mol. The molecular weight excluding hydrogens is 224 g/mol. The lowest BCUT2D eigenvalue weighted by Gasteiger charge is -2.06. The molecule has 0 aromatic carbocycles.